The number of rotatable bonds is 8. The first-order valence-electron chi connectivity index (χ1n) is 13.3. The largest absolute Gasteiger partial charge is 0.444 e. The van der Waals surface area contributed by atoms with Crippen molar-refractivity contribution in [3.05, 3.63) is 59.9 Å². The summed E-state index contributed by atoms with van der Waals surface area (Å²) in [5.74, 6) is 0.716. The molecule has 3 aromatic rings. The Kier molecular flexibility index (Phi) is 8.78. The van der Waals surface area contributed by atoms with Crippen LogP contribution < -0.4 is 16.4 Å². The molecule has 9 heteroatoms. The summed E-state index contributed by atoms with van der Waals surface area (Å²) in [6, 6.07) is 11.5. The Balaban J connectivity index is 1.36. The number of nitrogens with one attached hydrogen (secondary N) is 3. The molecule has 0 spiro atoms. The lowest BCUT2D eigenvalue weighted by Crippen LogP contribution is -2.37. The molecule has 9 nitrogen and oxygen atoms in total. The minimum atomic E-state index is -0.497. The van der Waals surface area contributed by atoms with Gasteiger partial charge in [-0.05, 0) is 82.1 Å². The van der Waals surface area contributed by atoms with Crippen LogP contribution in [0.25, 0.3) is 22.5 Å². The van der Waals surface area contributed by atoms with E-state index in [0.717, 1.165) is 42.4 Å². The van der Waals surface area contributed by atoms with Gasteiger partial charge in [0, 0.05) is 42.5 Å². The van der Waals surface area contributed by atoms with Crippen molar-refractivity contribution in [2.24, 2.45) is 17.6 Å². The Morgan fingerprint density at radius 3 is 2.26 bits per heavy atom. The van der Waals surface area contributed by atoms with Crippen molar-refractivity contribution < 1.29 is 14.3 Å². The van der Waals surface area contributed by atoms with Crippen molar-refractivity contribution >= 4 is 12.0 Å². The van der Waals surface area contributed by atoms with Crippen LogP contribution in [0.2, 0.25) is 0 Å². The van der Waals surface area contributed by atoms with Crippen molar-refractivity contribution in [1.82, 2.24) is 25.8 Å². The molecule has 1 aliphatic carbocycles. The van der Waals surface area contributed by atoms with Gasteiger partial charge in [0.25, 0.3) is 5.91 Å². The molecule has 0 atom stereocenters. The number of hydrogen-bond acceptors (Lipinski definition) is 6. The van der Waals surface area contributed by atoms with E-state index in [4.69, 9.17) is 15.5 Å². The number of carbonyl (C=O) groups excluding carboxylic acids is 2. The van der Waals surface area contributed by atoms with Gasteiger partial charge in [-0.2, -0.15) is 5.10 Å². The molecule has 5 N–H and O–H groups in total. The Morgan fingerprint density at radius 2 is 1.66 bits per heavy atom. The van der Waals surface area contributed by atoms with Gasteiger partial charge in [-0.15, -0.1) is 0 Å². The van der Waals surface area contributed by atoms with Gasteiger partial charge in [0.15, 0.2) is 0 Å². The van der Waals surface area contributed by atoms with E-state index in [-0.39, 0.29) is 12.0 Å². The lowest BCUT2D eigenvalue weighted by molar-refractivity contribution is 0.0512. The highest BCUT2D eigenvalue weighted by atomic mass is 16.6. The van der Waals surface area contributed by atoms with Crippen LogP contribution in [0.3, 0.4) is 0 Å². The highest BCUT2D eigenvalue weighted by molar-refractivity contribution is 5.96. The fourth-order valence-electron chi connectivity index (χ4n) is 4.73. The first-order chi connectivity index (χ1) is 18.2. The molecule has 2 aromatic heterocycles. The summed E-state index contributed by atoms with van der Waals surface area (Å²) in [6.45, 7) is 7.24. The first kappa shape index (κ1) is 27.3. The molecule has 0 unspecified atom stereocenters. The molecule has 1 saturated carbocycles. The second-order valence-electron chi connectivity index (χ2n) is 11.0. The number of pyridine rings is 1. The number of ether oxygens (including phenoxy) is 1. The molecule has 202 valence electrons. The normalized spacial score (nSPS) is 17.6. The average molecular weight is 519 g/mol. The second-order valence-corrected chi connectivity index (χ2v) is 11.0. The predicted octanol–water partition coefficient (Wildman–Crippen LogP) is 4.66. The van der Waals surface area contributed by atoms with Crippen LogP contribution in [0.15, 0.2) is 48.8 Å². The van der Waals surface area contributed by atoms with Crippen LogP contribution in [0, 0.1) is 11.8 Å². The number of aromatic amines is 1. The quantitative estimate of drug-likeness (QED) is 0.343. The Morgan fingerprint density at radius 1 is 1.00 bits per heavy atom. The van der Waals surface area contributed by atoms with Crippen LogP contribution in [0.1, 0.15) is 62.4 Å². The van der Waals surface area contributed by atoms with Crippen LogP contribution >= 0.6 is 0 Å². The van der Waals surface area contributed by atoms with Gasteiger partial charge in [-0.3, -0.25) is 9.89 Å². The summed E-state index contributed by atoms with van der Waals surface area (Å²) in [5.41, 5.74) is 10.0. The average Bonchev–Trinajstić information content (AvgIpc) is 3.45. The molecular weight excluding hydrogens is 480 g/mol. The number of hydrogen-bond donors (Lipinski definition) is 4. The monoisotopic (exact) mass is 518 g/mol. The van der Waals surface area contributed by atoms with E-state index in [1.807, 2.05) is 51.1 Å². The Hall–Kier alpha value is -3.72. The van der Waals surface area contributed by atoms with E-state index in [2.05, 4.69) is 20.8 Å². The van der Waals surface area contributed by atoms with Crippen LogP contribution in [0.4, 0.5) is 4.79 Å². The maximum atomic E-state index is 13.2. The zero-order chi connectivity index (χ0) is 27.1. The van der Waals surface area contributed by atoms with Gasteiger partial charge in [0.05, 0.1) is 17.6 Å². The molecule has 4 rings (SSSR count). The van der Waals surface area contributed by atoms with Crippen molar-refractivity contribution in [3.63, 3.8) is 0 Å². The summed E-state index contributed by atoms with van der Waals surface area (Å²) in [5, 5.41) is 12.9. The summed E-state index contributed by atoms with van der Waals surface area (Å²) in [6.07, 6.45) is 7.13. The minimum absolute atomic E-state index is 0.123. The van der Waals surface area contributed by atoms with Gasteiger partial charge in [0.1, 0.15) is 5.60 Å². The van der Waals surface area contributed by atoms with E-state index < -0.39 is 5.60 Å². The highest BCUT2D eigenvalue weighted by Crippen LogP contribution is 2.29. The van der Waals surface area contributed by atoms with Gasteiger partial charge in [0.2, 0.25) is 0 Å². The van der Waals surface area contributed by atoms with Crippen molar-refractivity contribution in [2.45, 2.75) is 58.6 Å². The zero-order valence-corrected chi connectivity index (χ0v) is 22.4. The molecule has 0 bridgehead atoms. The van der Waals surface area contributed by atoms with Crippen LogP contribution in [-0.2, 0) is 11.3 Å². The molecule has 2 amide bonds. The van der Waals surface area contributed by atoms with E-state index in [1.165, 1.54) is 0 Å². The van der Waals surface area contributed by atoms with Crippen molar-refractivity contribution in [2.75, 3.05) is 13.1 Å². The maximum absolute atomic E-state index is 13.2. The van der Waals surface area contributed by atoms with Crippen molar-refractivity contribution in [3.8, 4) is 22.5 Å². The Bertz CT molecular complexity index is 1230. The third-order valence-corrected chi connectivity index (χ3v) is 6.79. The van der Waals surface area contributed by atoms with Gasteiger partial charge in [-0.1, -0.05) is 18.2 Å². The number of aromatic nitrogens is 3. The lowest BCUT2D eigenvalue weighted by Gasteiger charge is -2.29. The topological polar surface area (TPSA) is 135 Å². The maximum Gasteiger partial charge on any atom is 0.407 e. The number of nitrogens with two attached hydrogens (primary N) is 1. The summed E-state index contributed by atoms with van der Waals surface area (Å²) < 4.78 is 5.32. The standard InChI is InChI=1S/C29H38N6O3/c1-29(2,3)38-28(37)32-16-20-9-7-19(8-10-20)15-31-27(36)23-12-25(22-6-4-5-21(11-22)14-30)35-26(13-23)24-17-33-34-18-24/h4-6,11-13,17-20H,7-10,14-16,30H2,1-3H3,(H,31,36)(H,32,37)(H,33,34)/t19-,20-. The Labute approximate surface area is 224 Å². The molecule has 0 saturated heterocycles. The van der Waals surface area contributed by atoms with E-state index in [9.17, 15) is 9.59 Å². The van der Waals surface area contributed by atoms with Crippen LogP contribution in [-0.4, -0.2) is 45.9 Å². The second kappa shape index (κ2) is 12.2. The fourth-order valence-corrected chi connectivity index (χ4v) is 4.73. The van der Waals surface area contributed by atoms with E-state index in [1.54, 1.807) is 18.5 Å². The van der Waals surface area contributed by atoms with Gasteiger partial charge < -0.3 is 21.1 Å². The summed E-state index contributed by atoms with van der Waals surface area (Å²) in [7, 11) is 0. The number of amides is 2. The fraction of sp³-hybridized carbons (Fsp3) is 0.448. The van der Waals surface area contributed by atoms with Gasteiger partial charge >= 0.3 is 6.09 Å². The molecule has 0 aliphatic heterocycles. The molecule has 1 aliphatic rings. The smallest absolute Gasteiger partial charge is 0.407 e. The van der Waals surface area contributed by atoms with Gasteiger partial charge in [-0.25, -0.2) is 9.78 Å². The number of H-pyrrole nitrogens is 1. The molecule has 1 aromatic carbocycles. The first-order valence-corrected chi connectivity index (χ1v) is 13.3. The molecule has 0 radical (unpaired) electrons. The number of alkyl carbamates (subject to hydrolysis) is 1. The highest BCUT2D eigenvalue weighted by Gasteiger charge is 2.24. The molecule has 2 heterocycles. The summed E-state index contributed by atoms with van der Waals surface area (Å²) >= 11 is 0. The van der Waals surface area contributed by atoms with Crippen LogP contribution in [0.5, 0.6) is 0 Å². The lowest BCUT2D eigenvalue weighted by atomic mass is 9.82. The molecule has 1 fully saturated rings. The zero-order valence-electron chi connectivity index (χ0n) is 22.4. The third kappa shape index (κ3) is 7.64. The number of nitrogens with zero attached hydrogens (tertiary/aromatic N) is 2. The van der Waals surface area contributed by atoms with Crippen molar-refractivity contribution in [1.29, 1.82) is 0 Å². The molecular formula is C29H38N6O3. The number of benzene rings is 1. The summed E-state index contributed by atoms with van der Waals surface area (Å²) in [4.78, 5) is 29.9. The van der Waals surface area contributed by atoms with E-state index >= 15 is 0 Å². The SMILES string of the molecule is CC(C)(C)OC(=O)NC[C@H]1CC[C@H](CNC(=O)c2cc(-c3cn[nH]c3)nc(-c3cccc(CN)c3)c2)CC1. The predicted molar refractivity (Wildman–Crippen MR) is 147 cm³/mol. The van der Waals surface area contributed by atoms with E-state index in [0.29, 0.717) is 48.4 Å². The minimum Gasteiger partial charge on any atom is -0.444 e. The third-order valence-electron chi connectivity index (χ3n) is 6.79. The number of carbonyl (C=O) groups is 2. The molecule has 38 heavy (non-hydrogen) atoms.